The van der Waals surface area contributed by atoms with E-state index in [1.165, 1.54) is 11.8 Å². The Morgan fingerprint density at radius 1 is 0.927 bits per heavy atom. The summed E-state index contributed by atoms with van der Waals surface area (Å²) in [7, 11) is -6.57. The van der Waals surface area contributed by atoms with Gasteiger partial charge in [0.2, 0.25) is 5.88 Å². The molecule has 11 heteroatoms. The van der Waals surface area contributed by atoms with Crippen molar-refractivity contribution in [3.63, 3.8) is 0 Å². The van der Waals surface area contributed by atoms with Crippen LogP contribution in [-0.2, 0) is 8.85 Å². The van der Waals surface area contributed by atoms with Crippen molar-refractivity contribution in [1.82, 2.24) is 9.97 Å². The van der Waals surface area contributed by atoms with E-state index >= 15 is 0 Å². The number of halogens is 1. The van der Waals surface area contributed by atoms with Crippen LogP contribution in [-0.4, -0.2) is 64.8 Å². The Kier molecular flexibility index (Phi) is 12.0. The minimum Gasteiger partial charge on any atom is -0.473 e. The summed E-state index contributed by atoms with van der Waals surface area (Å²) in [5.41, 5.74) is 0.936. The lowest BCUT2D eigenvalue weighted by Crippen LogP contribution is -2.50. The van der Waals surface area contributed by atoms with Crippen molar-refractivity contribution in [2.24, 2.45) is 11.8 Å². The minimum absolute atomic E-state index is 0.0121. The molecular weight excluding hydrogens is 696 g/mol. The molecular formula is C30H59IN2O4SSi3. The Morgan fingerprint density at radius 2 is 1.46 bits per heavy atom. The summed E-state index contributed by atoms with van der Waals surface area (Å²) in [6.07, 6.45) is 3.57. The molecule has 1 aliphatic rings. The molecule has 1 saturated carbocycles. The molecule has 1 aromatic rings. The third kappa shape index (κ3) is 9.03. The zero-order valence-corrected chi connectivity index (χ0v) is 34.8. The fourth-order valence-corrected chi connectivity index (χ4v) is 8.58. The van der Waals surface area contributed by atoms with Gasteiger partial charge in [-0.3, -0.25) is 0 Å². The van der Waals surface area contributed by atoms with Crippen molar-refractivity contribution in [1.29, 1.82) is 0 Å². The van der Waals surface area contributed by atoms with Gasteiger partial charge < -0.3 is 18.4 Å². The molecule has 0 amide bonds. The number of hydrogen-bond donors (Lipinski definition) is 1. The van der Waals surface area contributed by atoms with Gasteiger partial charge in [0, 0.05) is 18.4 Å². The van der Waals surface area contributed by atoms with Crippen LogP contribution in [0.5, 0.6) is 5.88 Å². The summed E-state index contributed by atoms with van der Waals surface area (Å²) in [6, 6.07) is 0. The predicted molar refractivity (Wildman–Crippen MR) is 191 cm³/mol. The number of rotatable bonds is 11. The summed E-state index contributed by atoms with van der Waals surface area (Å²) in [4.78, 5) is 20.8. The zero-order valence-electron chi connectivity index (χ0n) is 28.8. The van der Waals surface area contributed by atoms with Crippen LogP contribution in [0.15, 0.2) is 5.16 Å². The quantitative estimate of drug-likeness (QED) is 0.105. The molecule has 41 heavy (non-hydrogen) atoms. The number of nitrogens with zero attached hydrogens (tertiary/aromatic N) is 2. The van der Waals surface area contributed by atoms with Gasteiger partial charge in [0.15, 0.2) is 30.1 Å². The zero-order chi connectivity index (χ0) is 32.0. The molecule has 238 valence electrons. The summed E-state index contributed by atoms with van der Waals surface area (Å²) in [5.74, 6) is 0.968. The Balaban J connectivity index is 2.63. The van der Waals surface area contributed by atoms with Crippen molar-refractivity contribution >= 4 is 59.3 Å². The molecule has 6 nitrogen and oxygen atoms in total. The molecule has 0 aromatic carbocycles. The largest absolute Gasteiger partial charge is 0.473 e. The van der Waals surface area contributed by atoms with Crippen LogP contribution in [0.4, 0.5) is 0 Å². The van der Waals surface area contributed by atoms with Crippen LogP contribution in [0.25, 0.3) is 0 Å². The van der Waals surface area contributed by atoms with Crippen molar-refractivity contribution in [3.05, 3.63) is 9.26 Å². The highest BCUT2D eigenvalue weighted by Crippen LogP contribution is 2.51. The van der Waals surface area contributed by atoms with Crippen molar-refractivity contribution in [2.75, 3.05) is 12.9 Å². The predicted octanol–water partition coefficient (Wildman–Crippen LogP) is 9.27. The molecule has 1 fully saturated rings. The maximum Gasteiger partial charge on any atom is 0.231 e. The summed E-state index contributed by atoms with van der Waals surface area (Å²) in [6.45, 7) is 34.4. The van der Waals surface area contributed by atoms with Gasteiger partial charge in [-0.15, -0.1) is 0 Å². The van der Waals surface area contributed by atoms with E-state index in [-0.39, 0.29) is 39.2 Å². The molecule has 2 rings (SSSR count). The van der Waals surface area contributed by atoms with E-state index in [0.717, 1.165) is 27.3 Å². The molecule has 0 spiro atoms. The molecule has 0 saturated heterocycles. The summed E-state index contributed by atoms with van der Waals surface area (Å²) >= 11 is 3.85. The number of hydrogen-bond acceptors (Lipinski definition) is 7. The maximum atomic E-state index is 11.4. The first-order valence-corrected chi connectivity index (χ1v) is 26.1. The van der Waals surface area contributed by atoms with E-state index in [0.29, 0.717) is 12.5 Å². The highest BCUT2D eigenvalue weighted by Gasteiger charge is 2.54. The average Bonchev–Trinajstić information content (AvgIpc) is 3.07. The van der Waals surface area contributed by atoms with Crippen LogP contribution in [0.1, 0.15) is 73.9 Å². The maximum absolute atomic E-state index is 11.4. The minimum atomic E-state index is -2.48. The van der Waals surface area contributed by atoms with Gasteiger partial charge in [0.25, 0.3) is 0 Å². The molecule has 1 N–H and O–H groups in total. The molecule has 1 aliphatic carbocycles. The second-order valence-corrected chi connectivity index (χ2v) is 32.2. The third-order valence-electron chi connectivity index (χ3n) is 10.4. The van der Waals surface area contributed by atoms with E-state index in [9.17, 15) is 4.80 Å². The topological polar surface area (TPSA) is 73.7 Å². The van der Waals surface area contributed by atoms with E-state index in [4.69, 9.17) is 18.6 Å². The van der Waals surface area contributed by atoms with E-state index in [1.807, 2.05) is 13.2 Å². The van der Waals surface area contributed by atoms with Crippen molar-refractivity contribution in [2.45, 2.75) is 147 Å². The van der Waals surface area contributed by atoms with E-state index in [1.54, 1.807) is 0 Å². The summed E-state index contributed by atoms with van der Waals surface area (Å²) in [5, 5.41) is 0.717. The lowest BCUT2D eigenvalue weighted by molar-refractivity contribution is 0.0453. The van der Waals surface area contributed by atoms with Crippen LogP contribution >= 0.6 is 34.4 Å². The van der Waals surface area contributed by atoms with Gasteiger partial charge in [-0.2, -0.15) is 4.98 Å². The molecule has 0 bridgehead atoms. The van der Waals surface area contributed by atoms with Gasteiger partial charge in [-0.1, -0.05) is 67.2 Å². The van der Waals surface area contributed by atoms with Crippen LogP contribution < -0.4 is 4.74 Å². The SMILES string of the molecule is CSc1nc(C)c(I)c(O[C@@H]2C[C@H](CO[Si](C)(C)C(C)(C)C)[C@@H](O[Si](C)(C)C(C)(C)C)[C@H]2CC(C)(C)[Si](C)(C)O)n1. The molecule has 1 heterocycles. The summed E-state index contributed by atoms with van der Waals surface area (Å²) < 4.78 is 22.1. The van der Waals surface area contributed by atoms with Gasteiger partial charge in [-0.05, 0) is 103 Å². The first-order valence-electron chi connectivity index (χ1n) is 15.0. The second-order valence-electron chi connectivity index (χ2n) is 16.3. The molecule has 0 aliphatic heterocycles. The van der Waals surface area contributed by atoms with Gasteiger partial charge in [-0.25, -0.2) is 4.98 Å². The fraction of sp³-hybridized carbons (Fsp3) is 0.867. The Labute approximate surface area is 272 Å². The van der Waals surface area contributed by atoms with Gasteiger partial charge in [0.05, 0.1) is 15.4 Å². The lowest BCUT2D eigenvalue weighted by Gasteiger charge is -2.44. The van der Waals surface area contributed by atoms with Crippen LogP contribution in [0, 0.1) is 22.3 Å². The number of ether oxygens (including phenoxy) is 1. The fourth-order valence-electron chi connectivity index (χ4n) is 4.61. The Morgan fingerprint density at radius 3 is 1.93 bits per heavy atom. The first kappa shape index (κ1) is 37.7. The van der Waals surface area contributed by atoms with Crippen molar-refractivity contribution in [3.8, 4) is 5.88 Å². The Bertz CT molecular complexity index is 1050. The highest BCUT2D eigenvalue weighted by atomic mass is 127. The van der Waals surface area contributed by atoms with Gasteiger partial charge in [0.1, 0.15) is 6.10 Å². The number of aryl methyl sites for hydroxylation is 1. The third-order valence-corrected chi connectivity index (χ3v) is 24.7. The monoisotopic (exact) mass is 754 g/mol. The first-order chi connectivity index (χ1) is 18.2. The molecule has 0 radical (unpaired) electrons. The van der Waals surface area contributed by atoms with Crippen LogP contribution in [0.3, 0.4) is 0 Å². The highest BCUT2D eigenvalue weighted by molar-refractivity contribution is 14.1. The second kappa shape index (κ2) is 13.1. The molecule has 4 atom stereocenters. The smallest absolute Gasteiger partial charge is 0.231 e. The normalized spacial score (nSPS) is 23.3. The van der Waals surface area contributed by atoms with E-state index in [2.05, 4.69) is 122 Å². The standard InChI is InChI=1S/C30H59IN2O4SSi3/c1-20-24(31)26(33-27(32-20)38-10)36-23-17-21(19-35-40(13,14)28(2,3)4)25(37-41(15,16)29(5,6)7)22(23)18-30(8,9)39(11,12)34/h21-23,25,34H,17-19H2,1-16H3/t21-,22+,23-,25-/m1/s1. The van der Waals surface area contributed by atoms with Crippen LogP contribution in [0.2, 0.25) is 54.4 Å². The lowest BCUT2D eigenvalue weighted by atomic mass is 9.90. The van der Waals surface area contributed by atoms with E-state index < -0.39 is 25.0 Å². The molecule has 1 aromatic heterocycles. The molecule has 0 unspecified atom stereocenters. The van der Waals surface area contributed by atoms with Crippen molar-refractivity contribution < 1.29 is 18.4 Å². The average molecular weight is 755 g/mol. The number of aromatic nitrogens is 2. The van der Waals surface area contributed by atoms with Gasteiger partial charge >= 0.3 is 0 Å². The Hall–Kier alpha value is 0.491. The number of thioether (sulfide) groups is 1.